The van der Waals surface area contributed by atoms with Crippen LogP contribution in [0.2, 0.25) is 18.1 Å². The standard InChI is InChI=1S/C28H40N2O4Si/c1-28(2,3)35(4,5)34-25-13-15-30(16-14-25)24-12-11-22-17-23(20-32-26(22)18-24)29-27(31)33-19-21-9-7-6-8-10-21/h6-12,18,23,25H,13-17,19-20H2,1-5H3,(H,29,31). The van der Waals surface area contributed by atoms with Crippen LogP contribution in [0.4, 0.5) is 10.5 Å². The van der Waals surface area contributed by atoms with E-state index in [1.165, 1.54) is 5.69 Å². The van der Waals surface area contributed by atoms with Crippen molar-refractivity contribution in [2.75, 3.05) is 24.6 Å². The number of nitrogens with zero attached hydrogens (tertiary/aromatic N) is 1. The predicted molar refractivity (Wildman–Crippen MR) is 143 cm³/mol. The molecule has 35 heavy (non-hydrogen) atoms. The highest BCUT2D eigenvalue weighted by molar-refractivity contribution is 6.74. The third-order valence-electron chi connectivity index (χ3n) is 7.57. The third kappa shape index (κ3) is 6.58. The molecule has 1 fully saturated rings. The third-order valence-corrected chi connectivity index (χ3v) is 12.1. The SMILES string of the molecule is CC(C)(C)[Si](C)(C)OC1CCN(c2ccc3c(c2)OCC(NC(=O)OCc2ccccc2)C3)CC1. The zero-order valence-corrected chi connectivity index (χ0v) is 22.8. The molecule has 1 N–H and O–H groups in total. The molecule has 4 rings (SSSR count). The fraction of sp³-hybridized carbons (Fsp3) is 0.536. The van der Waals surface area contributed by atoms with Gasteiger partial charge in [-0.1, -0.05) is 57.2 Å². The molecule has 2 aliphatic heterocycles. The van der Waals surface area contributed by atoms with Crippen molar-refractivity contribution >= 4 is 20.1 Å². The number of carbonyl (C=O) groups excluding carboxylic acids is 1. The Bertz CT molecular complexity index is 998. The van der Waals surface area contributed by atoms with Crippen molar-refractivity contribution < 1.29 is 18.7 Å². The van der Waals surface area contributed by atoms with E-state index >= 15 is 0 Å². The summed E-state index contributed by atoms with van der Waals surface area (Å²) in [6, 6.07) is 16.0. The van der Waals surface area contributed by atoms with Crippen LogP contribution in [0.15, 0.2) is 48.5 Å². The molecule has 2 aliphatic rings. The van der Waals surface area contributed by atoms with Gasteiger partial charge in [-0.25, -0.2) is 4.79 Å². The number of ether oxygens (including phenoxy) is 2. The molecule has 0 bridgehead atoms. The molecule has 2 aromatic rings. The maximum Gasteiger partial charge on any atom is 0.407 e. The molecule has 0 aliphatic carbocycles. The lowest BCUT2D eigenvalue weighted by Gasteiger charge is -2.42. The van der Waals surface area contributed by atoms with E-state index < -0.39 is 14.4 Å². The lowest BCUT2D eigenvalue weighted by atomic mass is 10.0. The number of rotatable bonds is 6. The summed E-state index contributed by atoms with van der Waals surface area (Å²) < 4.78 is 18.0. The molecule has 1 saturated heterocycles. The summed E-state index contributed by atoms with van der Waals surface area (Å²) in [5.74, 6) is 0.915. The van der Waals surface area contributed by atoms with Crippen molar-refractivity contribution in [2.24, 2.45) is 0 Å². The van der Waals surface area contributed by atoms with Crippen molar-refractivity contribution in [3.63, 3.8) is 0 Å². The summed E-state index contributed by atoms with van der Waals surface area (Å²) in [5, 5.41) is 3.18. The smallest absolute Gasteiger partial charge is 0.407 e. The quantitative estimate of drug-likeness (QED) is 0.504. The van der Waals surface area contributed by atoms with E-state index in [9.17, 15) is 4.79 Å². The Morgan fingerprint density at radius 1 is 1.11 bits per heavy atom. The number of amides is 1. The summed E-state index contributed by atoms with van der Waals surface area (Å²) in [5.41, 5.74) is 3.28. The second kappa shape index (κ2) is 10.6. The summed E-state index contributed by atoms with van der Waals surface area (Å²) in [7, 11) is -1.73. The second-order valence-corrected chi connectivity index (χ2v) is 16.0. The van der Waals surface area contributed by atoms with Gasteiger partial charge in [-0.05, 0) is 54.6 Å². The highest BCUT2D eigenvalue weighted by atomic mass is 28.4. The van der Waals surface area contributed by atoms with Crippen molar-refractivity contribution in [2.45, 2.75) is 76.9 Å². The Balaban J connectivity index is 1.26. The van der Waals surface area contributed by atoms with E-state index in [-0.39, 0.29) is 17.7 Å². The van der Waals surface area contributed by atoms with Gasteiger partial charge in [0.15, 0.2) is 8.32 Å². The highest BCUT2D eigenvalue weighted by Crippen LogP contribution is 2.39. The van der Waals surface area contributed by atoms with Crippen LogP contribution in [-0.4, -0.2) is 46.3 Å². The first-order chi connectivity index (χ1) is 16.6. The van der Waals surface area contributed by atoms with Gasteiger partial charge in [-0.2, -0.15) is 0 Å². The normalized spacial score (nSPS) is 19.0. The lowest BCUT2D eigenvalue weighted by Crippen LogP contribution is -2.47. The maximum atomic E-state index is 12.2. The number of nitrogens with one attached hydrogen (secondary N) is 1. The maximum absolute atomic E-state index is 12.2. The summed E-state index contributed by atoms with van der Waals surface area (Å²) in [4.78, 5) is 14.7. The largest absolute Gasteiger partial charge is 0.491 e. The number of fused-ring (bicyclic) bond motifs is 1. The van der Waals surface area contributed by atoms with Crippen LogP contribution < -0.4 is 15.0 Å². The molecule has 1 unspecified atom stereocenters. The van der Waals surface area contributed by atoms with Crippen LogP contribution in [0.3, 0.4) is 0 Å². The molecule has 6 nitrogen and oxygen atoms in total. The number of carbonyl (C=O) groups is 1. The molecule has 2 aromatic carbocycles. The topological polar surface area (TPSA) is 60.0 Å². The van der Waals surface area contributed by atoms with Crippen molar-refractivity contribution in [3.05, 3.63) is 59.7 Å². The van der Waals surface area contributed by atoms with Crippen molar-refractivity contribution in [1.82, 2.24) is 5.32 Å². The summed E-state index contributed by atoms with van der Waals surface area (Å²) >= 11 is 0. The molecule has 7 heteroatoms. The van der Waals surface area contributed by atoms with Gasteiger partial charge >= 0.3 is 6.09 Å². The summed E-state index contributed by atoms with van der Waals surface area (Å²) in [6.45, 7) is 14.3. The number of anilines is 1. The molecule has 0 radical (unpaired) electrons. The first kappa shape index (κ1) is 25.6. The number of piperidine rings is 1. The number of benzene rings is 2. The molecule has 1 atom stereocenters. The minimum Gasteiger partial charge on any atom is -0.491 e. The van der Waals surface area contributed by atoms with Crippen molar-refractivity contribution in [1.29, 1.82) is 0 Å². The average molecular weight is 497 g/mol. The van der Waals surface area contributed by atoms with Gasteiger partial charge in [0, 0.05) is 30.9 Å². The molecule has 0 saturated carbocycles. The Morgan fingerprint density at radius 3 is 2.51 bits per heavy atom. The minimum atomic E-state index is -1.73. The highest BCUT2D eigenvalue weighted by Gasteiger charge is 2.39. The Labute approximate surface area is 211 Å². The Hall–Kier alpha value is -2.51. The number of hydrogen-bond donors (Lipinski definition) is 1. The molecule has 2 heterocycles. The van der Waals surface area contributed by atoms with Crippen LogP contribution in [0.5, 0.6) is 5.75 Å². The van der Waals surface area contributed by atoms with Crippen LogP contribution in [0.25, 0.3) is 0 Å². The first-order valence-corrected chi connectivity index (χ1v) is 15.7. The Kier molecular flexibility index (Phi) is 7.76. The first-order valence-electron chi connectivity index (χ1n) is 12.8. The van der Waals surface area contributed by atoms with Gasteiger partial charge in [-0.15, -0.1) is 0 Å². The zero-order chi connectivity index (χ0) is 25.1. The van der Waals surface area contributed by atoms with Crippen LogP contribution in [0.1, 0.15) is 44.7 Å². The van der Waals surface area contributed by atoms with Crippen LogP contribution in [-0.2, 0) is 22.2 Å². The monoisotopic (exact) mass is 496 g/mol. The van der Waals surface area contributed by atoms with Gasteiger partial charge in [0.2, 0.25) is 0 Å². The van der Waals surface area contributed by atoms with Gasteiger partial charge in [0.1, 0.15) is 19.0 Å². The van der Waals surface area contributed by atoms with Gasteiger partial charge in [0.05, 0.1) is 6.04 Å². The number of alkyl carbamates (subject to hydrolysis) is 1. The van der Waals surface area contributed by atoms with E-state index in [1.54, 1.807) is 0 Å². The van der Waals surface area contributed by atoms with E-state index in [0.717, 1.165) is 49.2 Å². The fourth-order valence-corrected chi connectivity index (χ4v) is 5.83. The average Bonchev–Trinajstić information content (AvgIpc) is 2.83. The molecule has 190 valence electrons. The molecular weight excluding hydrogens is 456 g/mol. The van der Waals surface area contributed by atoms with E-state index in [0.29, 0.717) is 12.7 Å². The minimum absolute atomic E-state index is 0.0974. The molecule has 1 amide bonds. The van der Waals surface area contributed by atoms with E-state index in [4.69, 9.17) is 13.9 Å². The number of hydrogen-bond acceptors (Lipinski definition) is 5. The zero-order valence-electron chi connectivity index (χ0n) is 21.8. The van der Waals surface area contributed by atoms with Crippen molar-refractivity contribution in [3.8, 4) is 5.75 Å². The predicted octanol–water partition coefficient (Wildman–Crippen LogP) is 5.91. The van der Waals surface area contributed by atoms with E-state index in [2.05, 4.69) is 62.3 Å². The molecular formula is C28H40N2O4Si. The van der Waals surface area contributed by atoms with Crippen LogP contribution >= 0.6 is 0 Å². The second-order valence-electron chi connectivity index (χ2n) is 11.3. The lowest BCUT2D eigenvalue weighted by molar-refractivity contribution is 0.128. The summed E-state index contributed by atoms with van der Waals surface area (Å²) in [6.07, 6.45) is 2.79. The Morgan fingerprint density at radius 2 is 1.83 bits per heavy atom. The molecule has 0 spiro atoms. The van der Waals surface area contributed by atoms with Gasteiger partial charge in [-0.3, -0.25) is 0 Å². The van der Waals surface area contributed by atoms with Gasteiger partial charge < -0.3 is 24.1 Å². The van der Waals surface area contributed by atoms with Gasteiger partial charge in [0.25, 0.3) is 0 Å². The van der Waals surface area contributed by atoms with E-state index in [1.807, 2.05) is 30.3 Å². The molecule has 0 aromatic heterocycles. The van der Waals surface area contributed by atoms with Crippen LogP contribution in [0, 0.1) is 0 Å². The fourth-order valence-electron chi connectivity index (χ4n) is 4.41.